The van der Waals surface area contributed by atoms with Gasteiger partial charge in [-0.15, -0.1) is 11.3 Å². The lowest BCUT2D eigenvalue weighted by atomic mass is 10.1. The Morgan fingerprint density at radius 1 is 1.16 bits per heavy atom. The summed E-state index contributed by atoms with van der Waals surface area (Å²) in [6.07, 6.45) is 3.18. The second-order valence-corrected chi connectivity index (χ2v) is 9.01. The molecule has 0 aliphatic carbocycles. The number of benzene rings is 2. The van der Waals surface area contributed by atoms with E-state index in [2.05, 4.69) is 21.5 Å². The number of fused-ring (bicyclic) bond motifs is 4. The Kier molecular flexibility index (Phi) is 5.27. The maximum atomic E-state index is 13.4. The van der Waals surface area contributed by atoms with Gasteiger partial charge in [0.25, 0.3) is 5.56 Å². The van der Waals surface area contributed by atoms with E-state index in [1.165, 1.54) is 4.68 Å². The molecule has 1 amide bonds. The number of H-pyrrole nitrogens is 1. The summed E-state index contributed by atoms with van der Waals surface area (Å²) in [7, 11) is 0. The summed E-state index contributed by atoms with van der Waals surface area (Å²) >= 11 is 1.57. The summed E-state index contributed by atoms with van der Waals surface area (Å²) in [4.78, 5) is 29.7. The molecule has 0 saturated heterocycles. The van der Waals surface area contributed by atoms with E-state index in [4.69, 9.17) is 0 Å². The van der Waals surface area contributed by atoms with Gasteiger partial charge in [-0.25, -0.2) is 4.68 Å². The highest BCUT2D eigenvalue weighted by Gasteiger charge is 2.24. The van der Waals surface area contributed by atoms with Gasteiger partial charge >= 0.3 is 0 Å². The number of aromatic amines is 1. The Labute approximate surface area is 188 Å². The Morgan fingerprint density at radius 3 is 2.72 bits per heavy atom. The van der Waals surface area contributed by atoms with Gasteiger partial charge in [-0.05, 0) is 37.5 Å². The Hall–Kier alpha value is -3.45. The van der Waals surface area contributed by atoms with Crippen molar-refractivity contribution < 1.29 is 4.79 Å². The van der Waals surface area contributed by atoms with Crippen LogP contribution in [0.1, 0.15) is 30.6 Å². The molecule has 0 aliphatic heterocycles. The molecule has 1 atom stereocenters. The first-order valence-electron chi connectivity index (χ1n) is 10.8. The largest absolute Gasteiger partial charge is 0.361 e. The molecule has 2 N–H and O–H groups in total. The summed E-state index contributed by atoms with van der Waals surface area (Å²) in [5.74, 6) is -0.180. The van der Waals surface area contributed by atoms with E-state index in [1.54, 1.807) is 11.3 Å². The lowest BCUT2D eigenvalue weighted by Gasteiger charge is -2.17. The van der Waals surface area contributed by atoms with Crippen molar-refractivity contribution in [3.05, 3.63) is 76.3 Å². The molecule has 6 nitrogen and oxygen atoms in total. The molecule has 2 aromatic carbocycles. The summed E-state index contributed by atoms with van der Waals surface area (Å²) in [6, 6.07) is 15.3. The van der Waals surface area contributed by atoms with Gasteiger partial charge < -0.3 is 10.3 Å². The molecule has 7 heteroatoms. The second kappa shape index (κ2) is 8.24. The quantitative estimate of drug-likeness (QED) is 0.398. The van der Waals surface area contributed by atoms with Crippen molar-refractivity contribution in [2.45, 2.75) is 32.7 Å². The standard InChI is InChI=1S/C25H24N4O2S/c1-3-20(24(30)26-13-12-16-14-27-19-10-6-4-8-17(16)19)29-25(31)22-18-9-5-7-11-21(18)32-23(22)15(2)28-29/h4-11,14,20,27H,3,12-13H2,1-2H3,(H,26,30)/t20-/m0/s1. The van der Waals surface area contributed by atoms with Crippen molar-refractivity contribution in [1.82, 2.24) is 20.1 Å². The Morgan fingerprint density at radius 2 is 1.91 bits per heavy atom. The van der Waals surface area contributed by atoms with Crippen molar-refractivity contribution in [2.24, 2.45) is 0 Å². The summed E-state index contributed by atoms with van der Waals surface area (Å²) in [5, 5.41) is 10.3. The van der Waals surface area contributed by atoms with Gasteiger partial charge in [0.05, 0.1) is 15.8 Å². The fourth-order valence-electron chi connectivity index (χ4n) is 4.34. The van der Waals surface area contributed by atoms with Crippen LogP contribution in [0.2, 0.25) is 0 Å². The molecule has 0 fully saturated rings. The van der Waals surface area contributed by atoms with Crippen LogP contribution in [0, 0.1) is 6.92 Å². The maximum Gasteiger partial charge on any atom is 0.276 e. The fraction of sp³-hybridized carbons (Fsp3) is 0.240. The molecule has 5 aromatic rings. The van der Waals surface area contributed by atoms with Gasteiger partial charge in [-0.3, -0.25) is 9.59 Å². The second-order valence-electron chi connectivity index (χ2n) is 7.96. The third kappa shape index (κ3) is 3.39. The van der Waals surface area contributed by atoms with Crippen LogP contribution in [-0.2, 0) is 11.2 Å². The Bertz CT molecular complexity index is 1510. The molecule has 162 valence electrons. The van der Waals surface area contributed by atoms with Gasteiger partial charge in [0.1, 0.15) is 6.04 Å². The van der Waals surface area contributed by atoms with Gasteiger partial charge in [0.2, 0.25) is 5.91 Å². The van der Waals surface area contributed by atoms with Crippen LogP contribution >= 0.6 is 11.3 Å². The zero-order valence-corrected chi connectivity index (χ0v) is 18.8. The Balaban J connectivity index is 1.41. The number of carbonyl (C=O) groups is 1. The van der Waals surface area contributed by atoms with Gasteiger partial charge in [0.15, 0.2) is 0 Å². The molecule has 3 aromatic heterocycles. The minimum atomic E-state index is -0.646. The fourth-order valence-corrected chi connectivity index (χ4v) is 5.47. The molecule has 32 heavy (non-hydrogen) atoms. The highest BCUT2D eigenvalue weighted by molar-refractivity contribution is 7.26. The summed E-state index contributed by atoms with van der Waals surface area (Å²) < 4.78 is 3.32. The minimum absolute atomic E-state index is 0.180. The molecule has 0 aliphatic rings. The third-order valence-corrected chi connectivity index (χ3v) is 7.24. The van der Waals surface area contributed by atoms with Crippen LogP contribution in [0.4, 0.5) is 0 Å². The monoisotopic (exact) mass is 444 g/mol. The highest BCUT2D eigenvalue weighted by atomic mass is 32.1. The molecule has 0 radical (unpaired) electrons. The number of aromatic nitrogens is 3. The first-order chi connectivity index (χ1) is 15.6. The zero-order chi connectivity index (χ0) is 22.2. The van der Waals surface area contributed by atoms with E-state index >= 15 is 0 Å². The first kappa shape index (κ1) is 20.5. The topological polar surface area (TPSA) is 79.8 Å². The van der Waals surface area contributed by atoms with Crippen molar-refractivity contribution in [3.8, 4) is 0 Å². The predicted octanol–water partition coefficient (Wildman–Crippen LogP) is 4.71. The van der Waals surface area contributed by atoms with Crippen molar-refractivity contribution in [1.29, 1.82) is 0 Å². The molecule has 0 bridgehead atoms. The van der Waals surface area contributed by atoms with Crippen LogP contribution in [0.25, 0.3) is 31.1 Å². The summed E-state index contributed by atoms with van der Waals surface area (Å²) in [6.45, 7) is 4.30. The molecule has 0 unspecified atom stereocenters. The molecular weight excluding hydrogens is 420 g/mol. The van der Waals surface area contributed by atoms with E-state index < -0.39 is 6.04 Å². The summed E-state index contributed by atoms with van der Waals surface area (Å²) in [5.41, 5.74) is 2.81. The molecule has 0 spiro atoms. The van der Waals surface area contributed by atoms with E-state index in [9.17, 15) is 9.59 Å². The smallest absolute Gasteiger partial charge is 0.276 e. The lowest BCUT2D eigenvalue weighted by molar-refractivity contribution is -0.124. The van der Waals surface area contributed by atoms with Crippen LogP contribution in [0.15, 0.2) is 59.5 Å². The van der Waals surface area contributed by atoms with E-state index in [0.717, 1.165) is 36.9 Å². The molecule has 3 heterocycles. The minimum Gasteiger partial charge on any atom is -0.361 e. The number of rotatable bonds is 6. The predicted molar refractivity (Wildman–Crippen MR) is 130 cm³/mol. The normalized spacial score (nSPS) is 12.6. The number of para-hydroxylation sites is 1. The molecule has 0 saturated carbocycles. The van der Waals surface area contributed by atoms with Gasteiger partial charge in [-0.2, -0.15) is 5.10 Å². The average Bonchev–Trinajstić information content (AvgIpc) is 3.40. The van der Waals surface area contributed by atoms with E-state index in [-0.39, 0.29) is 11.5 Å². The van der Waals surface area contributed by atoms with Crippen LogP contribution in [0.3, 0.4) is 0 Å². The van der Waals surface area contributed by atoms with Crippen LogP contribution in [-0.4, -0.2) is 27.2 Å². The number of hydrogen-bond donors (Lipinski definition) is 2. The number of amides is 1. The number of carbonyl (C=O) groups excluding carboxylic acids is 1. The van der Waals surface area contributed by atoms with Gasteiger partial charge in [-0.1, -0.05) is 43.3 Å². The molecule has 5 rings (SSSR count). The number of hydrogen-bond acceptors (Lipinski definition) is 4. The first-order valence-corrected chi connectivity index (χ1v) is 11.6. The number of nitrogens with one attached hydrogen (secondary N) is 2. The molecular formula is C25H24N4O2S. The van der Waals surface area contributed by atoms with Gasteiger partial charge in [0, 0.05) is 33.7 Å². The lowest BCUT2D eigenvalue weighted by Crippen LogP contribution is -2.39. The van der Waals surface area contributed by atoms with Crippen molar-refractivity contribution in [2.75, 3.05) is 6.54 Å². The number of thiophene rings is 1. The van der Waals surface area contributed by atoms with Crippen LogP contribution < -0.4 is 10.9 Å². The van der Waals surface area contributed by atoms with E-state index in [0.29, 0.717) is 24.8 Å². The van der Waals surface area contributed by atoms with Crippen molar-refractivity contribution in [3.63, 3.8) is 0 Å². The van der Waals surface area contributed by atoms with Crippen molar-refractivity contribution >= 4 is 48.3 Å². The average molecular weight is 445 g/mol. The number of aryl methyl sites for hydroxylation is 1. The number of nitrogens with zero attached hydrogens (tertiary/aromatic N) is 2. The zero-order valence-electron chi connectivity index (χ0n) is 18.0. The third-order valence-electron chi connectivity index (χ3n) is 5.96. The van der Waals surface area contributed by atoms with Crippen LogP contribution in [0.5, 0.6) is 0 Å². The maximum absolute atomic E-state index is 13.4. The van der Waals surface area contributed by atoms with E-state index in [1.807, 2.05) is 62.5 Å². The highest BCUT2D eigenvalue weighted by Crippen LogP contribution is 2.33. The SMILES string of the molecule is CC[C@@H](C(=O)NCCc1c[nH]c2ccccc12)n1nc(C)c2sc3ccccc3c2c1=O.